The highest BCUT2D eigenvalue weighted by atomic mass is 16.2. The van der Waals surface area contributed by atoms with Gasteiger partial charge in [-0.3, -0.25) is 4.79 Å². The maximum atomic E-state index is 12.0. The normalized spacial score (nSPS) is 38.3. The van der Waals surface area contributed by atoms with E-state index < -0.39 is 0 Å². The number of fused-ring (bicyclic) bond motifs is 2. The van der Waals surface area contributed by atoms with Crippen LogP contribution in [0.2, 0.25) is 0 Å². The van der Waals surface area contributed by atoms with Crippen molar-refractivity contribution in [2.45, 2.75) is 44.2 Å². The van der Waals surface area contributed by atoms with Crippen molar-refractivity contribution in [1.82, 2.24) is 10.2 Å². The fraction of sp³-hybridized carbons (Fsp3) is 0.909. The molecule has 14 heavy (non-hydrogen) atoms. The number of hydrogen-bond acceptors (Lipinski definition) is 2. The molecule has 2 aliphatic heterocycles. The molecule has 3 heteroatoms. The minimum Gasteiger partial charge on any atom is -0.336 e. The van der Waals surface area contributed by atoms with Crippen LogP contribution in [0.3, 0.4) is 0 Å². The third-order valence-electron chi connectivity index (χ3n) is 4.10. The standard InChI is InChI=1S/C11H18N2O/c14-11-8-1-2-10(7-8)13(11)9-3-5-12-6-4-9/h8-10,12H,1-7H2. The summed E-state index contributed by atoms with van der Waals surface area (Å²) in [5, 5.41) is 3.36. The molecule has 0 aromatic carbocycles. The van der Waals surface area contributed by atoms with Crippen molar-refractivity contribution in [2.24, 2.45) is 5.92 Å². The van der Waals surface area contributed by atoms with Crippen LogP contribution in [0.1, 0.15) is 32.1 Å². The molecule has 3 fully saturated rings. The van der Waals surface area contributed by atoms with Crippen LogP contribution in [-0.4, -0.2) is 36.0 Å². The monoisotopic (exact) mass is 194 g/mol. The molecule has 2 atom stereocenters. The lowest BCUT2D eigenvalue weighted by Crippen LogP contribution is -2.49. The first kappa shape index (κ1) is 8.72. The van der Waals surface area contributed by atoms with E-state index in [2.05, 4.69) is 10.2 Å². The van der Waals surface area contributed by atoms with Crippen LogP contribution >= 0.6 is 0 Å². The molecule has 2 saturated heterocycles. The number of carbonyl (C=O) groups excluding carboxylic acids is 1. The van der Waals surface area contributed by atoms with Gasteiger partial charge >= 0.3 is 0 Å². The van der Waals surface area contributed by atoms with Crippen LogP contribution in [0.4, 0.5) is 0 Å². The van der Waals surface area contributed by atoms with Crippen LogP contribution in [0.15, 0.2) is 0 Å². The van der Waals surface area contributed by atoms with Crippen LogP contribution in [-0.2, 0) is 4.79 Å². The number of nitrogens with zero attached hydrogens (tertiary/aromatic N) is 1. The summed E-state index contributed by atoms with van der Waals surface area (Å²) in [5.74, 6) is 0.864. The summed E-state index contributed by atoms with van der Waals surface area (Å²) in [6.07, 6.45) is 5.90. The molecule has 0 aromatic rings. The van der Waals surface area contributed by atoms with Gasteiger partial charge in [-0.05, 0) is 45.2 Å². The zero-order chi connectivity index (χ0) is 9.54. The molecule has 0 spiro atoms. The second-order valence-electron chi connectivity index (χ2n) is 4.89. The third-order valence-corrected chi connectivity index (χ3v) is 4.10. The molecule has 78 valence electrons. The molecule has 1 N–H and O–H groups in total. The SMILES string of the molecule is O=C1C2CCC(C2)N1C1CCNCC1. The molecule has 1 saturated carbocycles. The van der Waals surface area contributed by atoms with E-state index in [-0.39, 0.29) is 0 Å². The van der Waals surface area contributed by atoms with E-state index in [9.17, 15) is 4.79 Å². The summed E-state index contributed by atoms with van der Waals surface area (Å²) in [5.41, 5.74) is 0. The lowest BCUT2D eigenvalue weighted by molar-refractivity contribution is -0.137. The predicted molar refractivity (Wildman–Crippen MR) is 53.9 cm³/mol. The van der Waals surface area contributed by atoms with Gasteiger partial charge in [0, 0.05) is 18.0 Å². The Bertz CT molecular complexity index is 248. The van der Waals surface area contributed by atoms with E-state index in [1.807, 2.05) is 0 Å². The molecule has 2 unspecified atom stereocenters. The maximum Gasteiger partial charge on any atom is 0.226 e. The lowest BCUT2D eigenvalue weighted by Gasteiger charge is -2.37. The number of likely N-dealkylation sites (tertiary alicyclic amines) is 1. The average molecular weight is 194 g/mol. The van der Waals surface area contributed by atoms with Crippen molar-refractivity contribution in [2.75, 3.05) is 13.1 Å². The van der Waals surface area contributed by atoms with E-state index in [1.165, 1.54) is 6.42 Å². The largest absolute Gasteiger partial charge is 0.336 e. The molecule has 3 aliphatic rings. The second kappa shape index (κ2) is 3.23. The number of piperidine rings is 2. The van der Waals surface area contributed by atoms with Gasteiger partial charge in [0.05, 0.1) is 0 Å². The Hall–Kier alpha value is -0.570. The van der Waals surface area contributed by atoms with Gasteiger partial charge in [-0.2, -0.15) is 0 Å². The van der Waals surface area contributed by atoms with Gasteiger partial charge in [-0.25, -0.2) is 0 Å². The lowest BCUT2D eigenvalue weighted by atomic mass is 10.0. The summed E-state index contributed by atoms with van der Waals surface area (Å²) in [6, 6.07) is 1.16. The molecule has 1 aliphatic carbocycles. The number of hydrogen-bond donors (Lipinski definition) is 1. The van der Waals surface area contributed by atoms with E-state index in [4.69, 9.17) is 0 Å². The first-order chi connectivity index (χ1) is 6.86. The van der Waals surface area contributed by atoms with E-state index in [1.54, 1.807) is 0 Å². The Kier molecular flexibility index (Phi) is 2.01. The summed E-state index contributed by atoms with van der Waals surface area (Å²) in [7, 11) is 0. The van der Waals surface area contributed by atoms with Gasteiger partial charge in [0.2, 0.25) is 5.91 Å². The number of amides is 1. The fourth-order valence-electron chi connectivity index (χ4n) is 3.39. The van der Waals surface area contributed by atoms with E-state index in [0.29, 0.717) is 23.9 Å². The van der Waals surface area contributed by atoms with Crippen molar-refractivity contribution < 1.29 is 4.79 Å². The summed E-state index contributed by atoms with van der Waals surface area (Å²) in [4.78, 5) is 14.2. The molecule has 3 rings (SSSR count). The van der Waals surface area contributed by atoms with Gasteiger partial charge in [-0.1, -0.05) is 0 Å². The number of nitrogens with one attached hydrogen (secondary N) is 1. The van der Waals surface area contributed by atoms with E-state index >= 15 is 0 Å². The fourth-order valence-corrected chi connectivity index (χ4v) is 3.39. The van der Waals surface area contributed by atoms with Crippen molar-refractivity contribution in [3.8, 4) is 0 Å². The van der Waals surface area contributed by atoms with Crippen LogP contribution in [0.5, 0.6) is 0 Å². The minimum atomic E-state index is 0.398. The first-order valence-electron chi connectivity index (χ1n) is 5.89. The van der Waals surface area contributed by atoms with Crippen molar-refractivity contribution >= 4 is 5.91 Å². The highest BCUT2D eigenvalue weighted by molar-refractivity contribution is 5.82. The van der Waals surface area contributed by atoms with Gasteiger partial charge in [-0.15, -0.1) is 0 Å². The minimum absolute atomic E-state index is 0.398. The van der Waals surface area contributed by atoms with Gasteiger partial charge in [0.1, 0.15) is 0 Å². The Morgan fingerprint density at radius 2 is 1.86 bits per heavy atom. The highest BCUT2D eigenvalue weighted by Gasteiger charge is 2.47. The zero-order valence-corrected chi connectivity index (χ0v) is 8.54. The molecule has 2 bridgehead atoms. The van der Waals surface area contributed by atoms with Gasteiger partial charge in [0.25, 0.3) is 0 Å². The molecule has 0 radical (unpaired) electrons. The van der Waals surface area contributed by atoms with Crippen LogP contribution in [0, 0.1) is 5.92 Å². The maximum absolute atomic E-state index is 12.0. The van der Waals surface area contributed by atoms with Crippen molar-refractivity contribution in [3.63, 3.8) is 0 Å². The Labute approximate surface area is 84.8 Å². The molecule has 2 heterocycles. The molecular weight excluding hydrogens is 176 g/mol. The molecular formula is C11H18N2O. The smallest absolute Gasteiger partial charge is 0.226 e. The number of rotatable bonds is 1. The quantitative estimate of drug-likeness (QED) is 0.668. The van der Waals surface area contributed by atoms with Gasteiger partial charge < -0.3 is 10.2 Å². The number of carbonyl (C=O) groups is 1. The zero-order valence-electron chi connectivity index (χ0n) is 8.54. The second-order valence-corrected chi connectivity index (χ2v) is 4.89. The Balaban J connectivity index is 1.74. The Morgan fingerprint density at radius 1 is 1.07 bits per heavy atom. The van der Waals surface area contributed by atoms with Crippen molar-refractivity contribution in [3.05, 3.63) is 0 Å². The highest BCUT2D eigenvalue weighted by Crippen LogP contribution is 2.40. The van der Waals surface area contributed by atoms with Crippen LogP contribution < -0.4 is 5.32 Å². The summed E-state index contributed by atoms with van der Waals surface area (Å²) in [6.45, 7) is 2.18. The Morgan fingerprint density at radius 3 is 2.50 bits per heavy atom. The topological polar surface area (TPSA) is 32.3 Å². The predicted octanol–water partition coefficient (Wildman–Crippen LogP) is 0.749. The summed E-state index contributed by atoms with van der Waals surface area (Å²) < 4.78 is 0. The van der Waals surface area contributed by atoms with Crippen molar-refractivity contribution in [1.29, 1.82) is 0 Å². The first-order valence-corrected chi connectivity index (χ1v) is 5.89. The third kappa shape index (κ3) is 1.18. The summed E-state index contributed by atoms with van der Waals surface area (Å²) >= 11 is 0. The molecule has 1 amide bonds. The molecule has 3 nitrogen and oxygen atoms in total. The van der Waals surface area contributed by atoms with Crippen LogP contribution in [0.25, 0.3) is 0 Å². The average Bonchev–Trinajstić information content (AvgIpc) is 2.79. The van der Waals surface area contributed by atoms with E-state index in [0.717, 1.165) is 38.8 Å². The molecule has 0 aromatic heterocycles. The van der Waals surface area contributed by atoms with Gasteiger partial charge in [0.15, 0.2) is 0 Å².